The second kappa shape index (κ2) is 8.73. The van der Waals surface area contributed by atoms with Crippen LogP contribution < -0.4 is 10.6 Å². The number of aromatic amines is 1. The average molecular weight is 385 g/mol. The Labute approximate surface area is 164 Å². The third kappa shape index (κ3) is 4.60. The maximum Gasteiger partial charge on any atom is 0.340 e. The van der Waals surface area contributed by atoms with Crippen LogP contribution in [0.25, 0.3) is 0 Å². The lowest BCUT2D eigenvalue weighted by Crippen LogP contribution is -2.33. The lowest BCUT2D eigenvalue weighted by Gasteiger charge is -2.13. The van der Waals surface area contributed by atoms with Crippen LogP contribution in [0.15, 0.2) is 12.1 Å². The summed E-state index contributed by atoms with van der Waals surface area (Å²) in [6.07, 6.45) is 0. The zero-order chi connectivity index (χ0) is 21.0. The second-order valence-electron chi connectivity index (χ2n) is 6.85. The molecular formula is C21H27N3O4. The number of benzene rings is 1. The molecule has 0 aliphatic rings. The Morgan fingerprint density at radius 3 is 2.21 bits per heavy atom. The number of nitrogens with one attached hydrogen (secondary N) is 3. The van der Waals surface area contributed by atoms with Crippen molar-refractivity contribution in [3.8, 4) is 0 Å². The molecular weight excluding hydrogens is 358 g/mol. The molecule has 0 unspecified atom stereocenters. The van der Waals surface area contributed by atoms with Gasteiger partial charge in [-0.2, -0.15) is 0 Å². The van der Waals surface area contributed by atoms with Gasteiger partial charge in [0.15, 0.2) is 0 Å². The molecule has 1 heterocycles. The number of rotatable bonds is 6. The van der Waals surface area contributed by atoms with E-state index in [1.54, 1.807) is 20.8 Å². The van der Waals surface area contributed by atoms with E-state index in [9.17, 15) is 14.4 Å². The third-order valence-electron chi connectivity index (χ3n) is 4.50. The predicted octanol–water partition coefficient (Wildman–Crippen LogP) is 3.10. The van der Waals surface area contributed by atoms with Crippen LogP contribution in [0.1, 0.15) is 55.7 Å². The fourth-order valence-electron chi connectivity index (χ4n) is 3.30. The van der Waals surface area contributed by atoms with Crippen LogP contribution in [0.2, 0.25) is 0 Å². The molecule has 150 valence electrons. The fourth-order valence-corrected chi connectivity index (χ4v) is 3.30. The first-order valence-electron chi connectivity index (χ1n) is 9.17. The van der Waals surface area contributed by atoms with Crippen LogP contribution >= 0.6 is 0 Å². The summed E-state index contributed by atoms with van der Waals surface area (Å²) < 4.78 is 5.02. The van der Waals surface area contributed by atoms with Crippen molar-refractivity contribution in [2.45, 2.75) is 41.5 Å². The summed E-state index contributed by atoms with van der Waals surface area (Å²) >= 11 is 0. The first-order valence-corrected chi connectivity index (χ1v) is 9.17. The smallest absolute Gasteiger partial charge is 0.340 e. The van der Waals surface area contributed by atoms with Gasteiger partial charge in [-0.05, 0) is 58.2 Å². The summed E-state index contributed by atoms with van der Waals surface area (Å²) in [6, 6.07) is 3.98. The number of aryl methyl sites for hydroxylation is 4. The van der Waals surface area contributed by atoms with Gasteiger partial charge in [-0.1, -0.05) is 17.7 Å². The minimum atomic E-state index is -0.476. The summed E-state index contributed by atoms with van der Waals surface area (Å²) in [5.74, 6) is -1.26. The van der Waals surface area contributed by atoms with E-state index in [2.05, 4.69) is 15.6 Å². The number of carbonyl (C=O) groups excluding carboxylic acids is 3. The zero-order valence-electron chi connectivity index (χ0n) is 17.2. The third-order valence-corrected chi connectivity index (χ3v) is 4.50. The Bertz CT molecular complexity index is 905. The number of anilines is 1. The highest BCUT2D eigenvalue weighted by atomic mass is 16.5. The lowest BCUT2D eigenvalue weighted by molar-refractivity contribution is -0.115. The van der Waals surface area contributed by atoms with Gasteiger partial charge in [0.1, 0.15) is 5.69 Å². The molecule has 0 radical (unpaired) electrons. The van der Waals surface area contributed by atoms with Gasteiger partial charge in [0.2, 0.25) is 5.91 Å². The Kier molecular flexibility index (Phi) is 6.62. The minimum absolute atomic E-state index is 0.183. The van der Waals surface area contributed by atoms with Crippen molar-refractivity contribution in [2.75, 3.05) is 18.5 Å². The van der Waals surface area contributed by atoms with Gasteiger partial charge in [0, 0.05) is 11.4 Å². The van der Waals surface area contributed by atoms with Crippen LogP contribution in [-0.4, -0.2) is 35.9 Å². The quantitative estimate of drug-likeness (QED) is 0.665. The molecule has 0 aliphatic carbocycles. The Morgan fingerprint density at radius 1 is 1.04 bits per heavy atom. The van der Waals surface area contributed by atoms with Crippen molar-refractivity contribution >= 4 is 23.5 Å². The minimum Gasteiger partial charge on any atom is -0.462 e. The molecule has 0 aliphatic heterocycles. The fraction of sp³-hybridized carbons (Fsp3) is 0.381. The highest BCUT2D eigenvalue weighted by Crippen LogP contribution is 2.22. The maximum atomic E-state index is 12.5. The Morgan fingerprint density at radius 2 is 1.64 bits per heavy atom. The number of hydrogen-bond donors (Lipinski definition) is 3. The van der Waals surface area contributed by atoms with Crippen molar-refractivity contribution in [1.29, 1.82) is 0 Å². The second-order valence-corrected chi connectivity index (χ2v) is 6.85. The van der Waals surface area contributed by atoms with Gasteiger partial charge in [0.25, 0.3) is 5.91 Å². The summed E-state index contributed by atoms with van der Waals surface area (Å²) in [7, 11) is 0. The molecule has 28 heavy (non-hydrogen) atoms. The molecule has 1 aromatic heterocycles. The summed E-state index contributed by atoms with van der Waals surface area (Å²) in [5, 5.41) is 5.43. The van der Waals surface area contributed by atoms with E-state index in [0.717, 1.165) is 22.4 Å². The maximum absolute atomic E-state index is 12.5. The molecule has 0 saturated carbocycles. The van der Waals surface area contributed by atoms with E-state index in [1.165, 1.54) is 0 Å². The molecule has 0 fully saturated rings. The molecule has 0 saturated heterocycles. The topological polar surface area (TPSA) is 100 Å². The van der Waals surface area contributed by atoms with Crippen LogP contribution in [0.4, 0.5) is 5.69 Å². The number of esters is 1. The summed E-state index contributed by atoms with van der Waals surface area (Å²) in [6.45, 7) is 11.0. The number of H-pyrrole nitrogens is 1. The van der Waals surface area contributed by atoms with E-state index in [4.69, 9.17) is 4.74 Å². The number of carbonyl (C=O) groups is 3. The molecule has 0 atom stereocenters. The van der Waals surface area contributed by atoms with Gasteiger partial charge >= 0.3 is 5.97 Å². The van der Waals surface area contributed by atoms with Crippen molar-refractivity contribution in [3.63, 3.8) is 0 Å². The molecule has 2 rings (SSSR count). The van der Waals surface area contributed by atoms with Gasteiger partial charge < -0.3 is 20.4 Å². The van der Waals surface area contributed by atoms with E-state index < -0.39 is 11.9 Å². The SMILES string of the molecule is CCOC(=O)c1c(C)[nH]c(C(=O)NCC(=O)Nc2c(C)cc(C)cc2C)c1C. The molecule has 0 bridgehead atoms. The first kappa shape index (κ1) is 21.2. The van der Waals surface area contributed by atoms with Gasteiger partial charge in [-0.3, -0.25) is 9.59 Å². The lowest BCUT2D eigenvalue weighted by atomic mass is 10.1. The van der Waals surface area contributed by atoms with E-state index in [1.807, 2.05) is 32.9 Å². The van der Waals surface area contributed by atoms with Gasteiger partial charge in [0.05, 0.1) is 18.7 Å². The zero-order valence-corrected chi connectivity index (χ0v) is 17.2. The Balaban J connectivity index is 2.06. The van der Waals surface area contributed by atoms with Crippen LogP contribution in [0.5, 0.6) is 0 Å². The standard InChI is InChI=1S/C21H27N3O4/c1-7-28-21(27)17-14(5)19(23-15(17)6)20(26)22-10-16(25)24-18-12(3)8-11(2)9-13(18)4/h8-9,23H,7,10H2,1-6H3,(H,22,26)(H,24,25). The molecule has 3 N–H and O–H groups in total. The monoisotopic (exact) mass is 385 g/mol. The highest BCUT2D eigenvalue weighted by Gasteiger charge is 2.23. The molecule has 0 spiro atoms. The van der Waals surface area contributed by atoms with Crippen molar-refractivity contribution in [1.82, 2.24) is 10.3 Å². The van der Waals surface area contributed by atoms with E-state index in [-0.39, 0.29) is 24.8 Å². The van der Waals surface area contributed by atoms with Crippen LogP contribution in [0, 0.1) is 34.6 Å². The van der Waals surface area contributed by atoms with Crippen LogP contribution in [0.3, 0.4) is 0 Å². The summed E-state index contributed by atoms with van der Waals surface area (Å²) in [4.78, 5) is 39.7. The van der Waals surface area contributed by atoms with Gasteiger partial charge in [-0.15, -0.1) is 0 Å². The van der Waals surface area contributed by atoms with Crippen molar-refractivity contribution in [2.24, 2.45) is 0 Å². The molecule has 2 aromatic rings. The Hall–Kier alpha value is -3.09. The normalized spacial score (nSPS) is 10.5. The highest BCUT2D eigenvalue weighted by molar-refractivity contribution is 6.02. The first-order chi connectivity index (χ1) is 13.1. The average Bonchev–Trinajstić information content (AvgIpc) is 2.90. The van der Waals surface area contributed by atoms with Crippen molar-refractivity contribution in [3.05, 3.63) is 51.3 Å². The molecule has 7 nitrogen and oxygen atoms in total. The number of ether oxygens (including phenoxy) is 1. The molecule has 7 heteroatoms. The number of aromatic nitrogens is 1. The predicted molar refractivity (Wildman–Crippen MR) is 108 cm³/mol. The molecule has 2 amide bonds. The van der Waals surface area contributed by atoms with E-state index in [0.29, 0.717) is 16.8 Å². The van der Waals surface area contributed by atoms with Crippen LogP contribution in [-0.2, 0) is 9.53 Å². The van der Waals surface area contributed by atoms with Crippen molar-refractivity contribution < 1.29 is 19.1 Å². The van der Waals surface area contributed by atoms with Gasteiger partial charge in [-0.25, -0.2) is 4.79 Å². The molecule has 1 aromatic carbocycles. The number of amides is 2. The number of hydrogen-bond acceptors (Lipinski definition) is 4. The largest absolute Gasteiger partial charge is 0.462 e. The summed E-state index contributed by atoms with van der Waals surface area (Å²) in [5.41, 5.74) is 5.45. The van der Waals surface area contributed by atoms with E-state index >= 15 is 0 Å².